The molecule has 0 aromatic heterocycles. The molecule has 0 unspecified atom stereocenters. The van der Waals surface area contributed by atoms with E-state index in [1.807, 2.05) is 60.7 Å². The average Bonchev–Trinajstić information content (AvgIpc) is 2.83. The Kier molecular flexibility index (Phi) is 7.39. The molecule has 5 heteroatoms. The van der Waals surface area contributed by atoms with E-state index in [4.69, 9.17) is 0 Å². The first-order valence-electron chi connectivity index (χ1n) is 12.1. The smallest absolute Gasteiger partial charge is 0.159 e. The van der Waals surface area contributed by atoms with E-state index in [-0.39, 0.29) is 29.4 Å². The Morgan fingerprint density at radius 3 is 2.20 bits per heavy atom. The summed E-state index contributed by atoms with van der Waals surface area (Å²) in [5, 5.41) is 19.8. The van der Waals surface area contributed by atoms with E-state index in [0.717, 1.165) is 36.3 Å². The van der Waals surface area contributed by atoms with Crippen LogP contribution in [0, 0.1) is 0 Å². The predicted octanol–water partition coefficient (Wildman–Crippen LogP) is 5.81. The number of carbonyl (C=O) groups excluding carboxylic acids is 1. The van der Waals surface area contributed by atoms with Gasteiger partial charge in [0.2, 0.25) is 0 Å². The summed E-state index contributed by atoms with van der Waals surface area (Å²) in [6, 6.07) is 23.8. The number of hydrogen-bond donors (Lipinski definition) is 2. The van der Waals surface area contributed by atoms with Crippen molar-refractivity contribution in [2.24, 2.45) is 0 Å². The molecule has 1 aliphatic rings. The molecule has 3 aromatic rings. The van der Waals surface area contributed by atoms with Gasteiger partial charge in [-0.3, -0.25) is 14.6 Å². The van der Waals surface area contributed by atoms with E-state index in [1.165, 1.54) is 5.56 Å². The van der Waals surface area contributed by atoms with E-state index >= 15 is 0 Å². The maximum Gasteiger partial charge on any atom is 0.159 e. The maximum atomic E-state index is 11.8. The maximum absolute atomic E-state index is 11.8. The van der Waals surface area contributed by atoms with Crippen molar-refractivity contribution >= 4 is 11.5 Å². The highest BCUT2D eigenvalue weighted by atomic mass is 16.3. The van der Waals surface area contributed by atoms with Crippen LogP contribution in [-0.4, -0.2) is 51.0 Å². The number of aliphatic hydroxyl groups excluding tert-OH is 1. The minimum atomic E-state index is -0.0300. The second-order valence-electron chi connectivity index (χ2n) is 9.64. The summed E-state index contributed by atoms with van der Waals surface area (Å²) < 4.78 is 0. The van der Waals surface area contributed by atoms with Gasteiger partial charge in [-0.05, 0) is 49.6 Å². The van der Waals surface area contributed by atoms with Crippen LogP contribution < -0.4 is 0 Å². The number of phenolic OH excluding ortho intramolecular Hbond substituents is 1. The predicted molar refractivity (Wildman–Crippen MR) is 141 cm³/mol. The number of aliphatic hydroxyl groups is 1. The number of benzene rings is 3. The molecule has 1 heterocycles. The summed E-state index contributed by atoms with van der Waals surface area (Å²) >= 11 is 0. The molecule has 182 valence electrons. The van der Waals surface area contributed by atoms with Crippen LogP contribution in [0.25, 0.3) is 5.76 Å². The van der Waals surface area contributed by atoms with Gasteiger partial charge in [0.1, 0.15) is 11.5 Å². The minimum Gasteiger partial charge on any atom is -0.508 e. The van der Waals surface area contributed by atoms with Crippen LogP contribution in [0.4, 0.5) is 0 Å². The molecule has 4 rings (SSSR count). The third-order valence-electron chi connectivity index (χ3n) is 6.99. The van der Waals surface area contributed by atoms with Crippen molar-refractivity contribution in [1.82, 2.24) is 9.80 Å². The number of rotatable bonds is 7. The summed E-state index contributed by atoms with van der Waals surface area (Å²) in [5.41, 5.74) is 4.78. The molecule has 2 N–H and O–H groups in total. The molecule has 3 atom stereocenters. The number of phenols is 1. The molecule has 0 amide bonds. The Morgan fingerprint density at radius 2 is 1.60 bits per heavy atom. The number of carbonyl (C=O) groups is 1. The number of Topliss-reactive ketones (excluding diaryl/α,β-unsaturated/α-hetero) is 1. The van der Waals surface area contributed by atoms with Gasteiger partial charge >= 0.3 is 0 Å². The van der Waals surface area contributed by atoms with Crippen molar-refractivity contribution in [2.45, 2.75) is 45.4 Å². The number of ketones is 1. The molecule has 1 aliphatic heterocycles. The first-order chi connectivity index (χ1) is 16.7. The van der Waals surface area contributed by atoms with Crippen LogP contribution in [-0.2, 0) is 6.54 Å². The van der Waals surface area contributed by atoms with Crippen LogP contribution in [0.15, 0.2) is 79.4 Å². The Balaban J connectivity index is 1.58. The number of nitrogens with zero attached hydrogens (tertiary/aromatic N) is 2. The van der Waals surface area contributed by atoms with Gasteiger partial charge < -0.3 is 10.2 Å². The van der Waals surface area contributed by atoms with Crippen LogP contribution in [0.5, 0.6) is 5.75 Å². The van der Waals surface area contributed by atoms with Crippen LogP contribution in [0.1, 0.15) is 59.4 Å². The standard InChI is InChI=1S/C30H34N2O3/c1-20-18-32(21(2)17-31(20)19-24-8-10-25(11-9-24)22(3)33)30(28-6-5-7-29(35)16-28)27-14-12-26(13-15-27)23(4)34/h5-16,20-21,30,33,35H,3,17-19H2,1-2,4H3/t20-,21+,30-/m1/s1. The molecule has 5 nitrogen and oxygen atoms in total. The fraction of sp³-hybridized carbons (Fsp3) is 0.300. The Bertz CT molecular complexity index is 1190. The van der Waals surface area contributed by atoms with Gasteiger partial charge in [0.05, 0.1) is 6.04 Å². The Hall–Kier alpha value is -3.41. The molecule has 1 fully saturated rings. The normalized spacial score (nSPS) is 19.9. The minimum absolute atomic E-state index is 0.0300. The third kappa shape index (κ3) is 5.64. The second kappa shape index (κ2) is 10.5. The number of hydrogen-bond acceptors (Lipinski definition) is 5. The molecule has 0 spiro atoms. The molecular weight excluding hydrogens is 436 g/mol. The van der Waals surface area contributed by atoms with Gasteiger partial charge in [0.25, 0.3) is 0 Å². The monoisotopic (exact) mass is 470 g/mol. The van der Waals surface area contributed by atoms with Crippen molar-refractivity contribution < 1.29 is 15.0 Å². The first kappa shape index (κ1) is 24.7. The van der Waals surface area contributed by atoms with Gasteiger partial charge in [-0.15, -0.1) is 0 Å². The zero-order valence-corrected chi connectivity index (χ0v) is 20.7. The molecule has 0 saturated carbocycles. The fourth-order valence-corrected chi connectivity index (χ4v) is 5.01. The van der Waals surface area contributed by atoms with Crippen LogP contribution in [0.2, 0.25) is 0 Å². The van der Waals surface area contributed by atoms with Crippen LogP contribution in [0.3, 0.4) is 0 Å². The highest BCUT2D eigenvalue weighted by molar-refractivity contribution is 5.94. The highest BCUT2D eigenvalue weighted by Gasteiger charge is 2.35. The van der Waals surface area contributed by atoms with Crippen molar-refractivity contribution in [3.8, 4) is 5.75 Å². The molecular formula is C30H34N2O3. The number of aromatic hydroxyl groups is 1. The first-order valence-corrected chi connectivity index (χ1v) is 12.1. The lowest BCUT2D eigenvalue weighted by atomic mass is 9.92. The second-order valence-corrected chi connectivity index (χ2v) is 9.64. The zero-order chi connectivity index (χ0) is 25.1. The lowest BCUT2D eigenvalue weighted by Crippen LogP contribution is -2.56. The van der Waals surface area contributed by atoms with Gasteiger partial charge in [0, 0.05) is 42.8 Å². The van der Waals surface area contributed by atoms with Gasteiger partial charge in [-0.25, -0.2) is 0 Å². The number of piperazine rings is 1. The van der Waals surface area contributed by atoms with Crippen molar-refractivity contribution in [3.63, 3.8) is 0 Å². The van der Waals surface area contributed by atoms with Crippen LogP contribution >= 0.6 is 0 Å². The lowest BCUT2D eigenvalue weighted by Gasteiger charge is -2.47. The molecule has 3 aromatic carbocycles. The molecule has 0 aliphatic carbocycles. The van der Waals surface area contributed by atoms with E-state index in [1.54, 1.807) is 13.0 Å². The SMILES string of the molecule is C=C(O)c1ccc(CN2C[C@H](C)N([C@H](c3ccc(C(C)=O)cc3)c3cccc(O)c3)C[C@H]2C)cc1. The quantitative estimate of drug-likeness (QED) is 0.337. The topological polar surface area (TPSA) is 64.0 Å². The van der Waals surface area contributed by atoms with E-state index in [9.17, 15) is 15.0 Å². The summed E-state index contributed by atoms with van der Waals surface area (Å²) in [4.78, 5) is 16.8. The molecule has 1 saturated heterocycles. The summed E-state index contributed by atoms with van der Waals surface area (Å²) in [6.45, 7) is 12.3. The highest BCUT2D eigenvalue weighted by Crippen LogP contribution is 2.35. The van der Waals surface area contributed by atoms with E-state index in [0.29, 0.717) is 11.6 Å². The Morgan fingerprint density at radius 1 is 0.943 bits per heavy atom. The molecule has 35 heavy (non-hydrogen) atoms. The van der Waals surface area contributed by atoms with Gasteiger partial charge in [-0.1, -0.05) is 67.2 Å². The van der Waals surface area contributed by atoms with E-state index in [2.05, 4.69) is 36.3 Å². The largest absolute Gasteiger partial charge is 0.508 e. The summed E-state index contributed by atoms with van der Waals surface area (Å²) in [6.07, 6.45) is 0. The lowest BCUT2D eigenvalue weighted by molar-refractivity contribution is 0.0195. The average molecular weight is 471 g/mol. The molecule has 0 radical (unpaired) electrons. The summed E-state index contributed by atoms with van der Waals surface area (Å²) in [5.74, 6) is 0.389. The summed E-state index contributed by atoms with van der Waals surface area (Å²) in [7, 11) is 0. The van der Waals surface area contributed by atoms with E-state index < -0.39 is 0 Å². The molecule has 0 bridgehead atoms. The third-order valence-corrected chi connectivity index (χ3v) is 6.99. The van der Waals surface area contributed by atoms with Gasteiger partial charge in [0.15, 0.2) is 5.78 Å². The van der Waals surface area contributed by atoms with Gasteiger partial charge in [-0.2, -0.15) is 0 Å². The Labute approximate surface area is 207 Å². The van der Waals surface area contributed by atoms with Crippen molar-refractivity contribution in [3.05, 3.63) is 107 Å². The fourth-order valence-electron chi connectivity index (χ4n) is 5.01. The van der Waals surface area contributed by atoms with Crippen molar-refractivity contribution in [2.75, 3.05) is 13.1 Å². The zero-order valence-electron chi connectivity index (χ0n) is 20.7. The van der Waals surface area contributed by atoms with Crippen molar-refractivity contribution in [1.29, 1.82) is 0 Å².